The molecule has 0 unspecified atom stereocenters. The number of benzene rings is 1. The van der Waals surface area contributed by atoms with E-state index in [0.29, 0.717) is 18.9 Å². The van der Waals surface area contributed by atoms with Gasteiger partial charge in [0, 0.05) is 25.4 Å². The minimum atomic E-state index is -0.127. The molecular weight excluding hydrogens is 252 g/mol. The Balaban J connectivity index is 2.11. The standard InChI is InChI=1S/C15H16N4O/c1-19-9-13-12(5-6-17-14(13)18-15(19)20)11-4-2-3-10(7-11)8-16/h2-7H,8-9,16H2,1H3,(H,17,18,20). The molecule has 0 atom stereocenters. The maximum absolute atomic E-state index is 11.7. The predicted molar refractivity (Wildman–Crippen MR) is 78.1 cm³/mol. The van der Waals surface area contributed by atoms with E-state index in [1.807, 2.05) is 24.3 Å². The molecule has 2 aromatic rings. The number of nitrogens with one attached hydrogen (secondary N) is 1. The van der Waals surface area contributed by atoms with E-state index in [1.54, 1.807) is 18.1 Å². The van der Waals surface area contributed by atoms with Crippen LogP contribution >= 0.6 is 0 Å². The highest BCUT2D eigenvalue weighted by Crippen LogP contribution is 2.31. The van der Waals surface area contributed by atoms with Gasteiger partial charge in [0.05, 0.1) is 6.54 Å². The van der Waals surface area contributed by atoms with Gasteiger partial charge in [-0.15, -0.1) is 0 Å². The zero-order valence-corrected chi connectivity index (χ0v) is 11.3. The van der Waals surface area contributed by atoms with Gasteiger partial charge in [-0.3, -0.25) is 5.32 Å². The lowest BCUT2D eigenvalue weighted by Gasteiger charge is -2.27. The monoisotopic (exact) mass is 268 g/mol. The number of fused-ring (bicyclic) bond motifs is 1. The molecule has 1 aromatic carbocycles. The SMILES string of the molecule is CN1Cc2c(-c3cccc(CN)c3)ccnc2NC1=O. The fourth-order valence-corrected chi connectivity index (χ4v) is 2.40. The van der Waals surface area contributed by atoms with Gasteiger partial charge in [0.1, 0.15) is 5.82 Å². The zero-order chi connectivity index (χ0) is 14.1. The van der Waals surface area contributed by atoms with Crippen molar-refractivity contribution in [3.05, 3.63) is 47.7 Å². The predicted octanol–water partition coefficient (Wildman–Crippen LogP) is 2.18. The van der Waals surface area contributed by atoms with E-state index in [9.17, 15) is 4.79 Å². The smallest absolute Gasteiger partial charge is 0.323 e. The van der Waals surface area contributed by atoms with Crippen molar-refractivity contribution in [2.75, 3.05) is 12.4 Å². The number of hydrogen-bond donors (Lipinski definition) is 2. The molecule has 3 rings (SSSR count). The van der Waals surface area contributed by atoms with Crippen LogP contribution in [0.1, 0.15) is 11.1 Å². The summed E-state index contributed by atoms with van der Waals surface area (Å²) in [7, 11) is 1.77. The largest absolute Gasteiger partial charge is 0.326 e. The van der Waals surface area contributed by atoms with E-state index in [0.717, 1.165) is 22.3 Å². The molecule has 0 saturated carbocycles. The Hall–Kier alpha value is -2.40. The molecule has 0 aliphatic carbocycles. The maximum atomic E-state index is 11.7. The third-order valence-corrected chi connectivity index (χ3v) is 3.50. The maximum Gasteiger partial charge on any atom is 0.323 e. The van der Waals surface area contributed by atoms with Crippen molar-refractivity contribution in [2.45, 2.75) is 13.1 Å². The highest BCUT2D eigenvalue weighted by Gasteiger charge is 2.23. The number of hydrogen-bond acceptors (Lipinski definition) is 3. The molecule has 0 radical (unpaired) electrons. The molecule has 1 aromatic heterocycles. The minimum Gasteiger partial charge on any atom is -0.326 e. The second-order valence-electron chi connectivity index (χ2n) is 4.88. The molecule has 2 heterocycles. The Morgan fingerprint density at radius 1 is 1.40 bits per heavy atom. The molecule has 1 aliphatic rings. The van der Waals surface area contributed by atoms with Crippen molar-refractivity contribution < 1.29 is 4.79 Å². The van der Waals surface area contributed by atoms with Crippen LogP contribution in [0.5, 0.6) is 0 Å². The minimum absolute atomic E-state index is 0.127. The third kappa shape index (κ3) is 2.12. The van der Waals surface area contributed by atoms with Gasteiger partial charge in [0.15, 0.2) is 0 Å². The van der Waals surface area contributed by atoms with Crippen LogP contribution < -0.4 is 11.1 Å². The van der Waals surface area contributed by atoms with Crippen LogP contribution in [0.2, 0.25) is 0 Å². The first-order valence-corrected chi connectivity index (χ1v) is 6.48. The lowest BCUT2D eigenvalue weighted by Crippen LogP contribution is -2.36. The van der Waals surface area contributed by atoms with Gasteiger partial charge in [-0.05, 0) is 28.8 Å². The molecule has 0 bridgehead atoms. The number of aromatic nitrogens is 1. The quantitative estimate of drug-likeness (QED) is 0.877. The Morgan fingerprint density at radius 3 is 3.05 bits per heavy atom. The summed E-state index contributed by atoms with van der Waals surface area (Å²) in [6, 6.07) is 9.97. The number of anilines is 1. The second-order valence-corrected chi connectivity index (χ2v) is 4.88. The van der Waals surface area contributed by atoms with Gasteiger partial charge >= 0.3 is 6.03 Å². The number of nitrogens with zero attached hydrogens (tertiary/aromatic N) is 2. The molecule has 1 aliphatic heterocycles. The number of urea groups is 1. The molecule has 0 fully saturated rings. The van der Waals surface area contributed by atoms with Crippen LogP contribution in [-0.2, 0) is 13.1 Å². The molecule has 5 heteroatoms. The van der Waals surface area contributed by atoms with Crippen LogP contribution in [0.15, 0.2) is 36.5 Å². The fraction of sp³-hybridized carbons (Fsp3) is 0.200. The summed E-state index contributed by atoms with van der Waals surface area (Å²) in [6.45, 7) is 1.06. The molecule has 0 spiro atoms. The van der Waals surface area contributed by atoms with Gasteiger partial charge in [-0.2, -0.15) is 0 Å². The topological polar surface area (TPSA) is 71.2 Å². The highest BCUT2D eigenvalue weighted by atomic mass is 16.2. The van der Waals surface area contributed by atoms with Crippen molar-refractivity contribution in [1.82, 2.24) is 9.88 Å². The molecule has 102 valence electrons. The van der Waals surface area contributed by atoms with Gasteiger partial charge in [0.2, 0.25) is 0 Å². The van der Waals surface area contributed by atoms with Crippen molar-refractivity contribution in [3.8, 4) is 11.1 Å². The summed E-state index contributed by atoms with van der Waals surface area (Å²) in [6.07, 6.45) is 1.72. The van der Waals surface area contributed by atoms with E-state index in [1.165, 1.54) is 0 Å². The van der Waals surface area contributed by atoms with E-state index < -0.39 is 0 Å². The Morgan fingerprint density at radius 2 is 2.25 bits per heavy atom. The lowest BCUT2D eigenvalue weighted by atomic mass is 9.98. The summed E-state index contributed by atoms with van der Waals surface area (Å²) in [5, 5.41) is 2.80. The summed E-state index contributed by atoms with van der Waals surface area (Å²) in [5.41, 5.74) is 9.99. The summed E-state index contributed by atoms with van der Waals surface area (Å²) in [4.78, 5) is 17.6. The Labute approximate surface area is 117 Å². The number of carbonyl (C=O) groups is 1. The summed E-state index contributed by atoms with van der Waals surface area (Å²) in [5.74, 6) is 0.642. The molecule has 3 N–H and O–H groups in total. The fourth-order valence-electron chi connectivity index (χ4n) is 2.40. The van der Waals surface area contributed by atoms with Crippen LogP contribution in [-0.4, -0.2) is 23.0 Å². The van der Waals surface area contributed by atoms with Gasteiger partial charge in [0.25, 0.3) is 0 Å². The van der Waals surface area contributed by atoms with Gasteiger partial charge in [-0.1, -0.05) is 18.2 Å². The Bertz CT molecular complexity index is 669. The van der Waals surface area contributed by atoms with Crippen LogP contribution in [0.4, 0.5) is 10.6 Å². The van der Waals surface area contributed by atoms with Crippen LogP contribution in [0.3, 0.4) is 0 Å². The number of carbonyl (C=O) groups excluding carboxylic acids is 1. The van der Waals surface area contributed by atoms with E-state index in [4.69, 9.17) is 5.73 Å². The molecular formula is C15H16N4O. The molecule has 20 heavy (non-hydrogen) atoms. The van der Waals surface area contributed by atoms with Crippen LogP contribution in [0, 0.1) is 0 Å². The number of nitrogens with two attached hydrogens (primary N) is 1. The van der Waals surface area contributed by atoms with E-state index >= 15 is 0 Å². The average molecular weight is 268 g/mol. The second kappa shape index (κ2) is 4.94. The molecule has 2 amide bonds. The van der Waals surface area contributed by atoms with Crippen molar-refractivity contribution >= 4 is 11.8 Å². The number of rotatable bonds is 2. The van der Waals surface area contributed by atoms with E-state index in [-0.39, 0.29) is 6.03 Å². The number of amides is 2. The Kier molecular flexibility index (Phi) is 3.12. The van der Waals surface area contributed by atoms with Crippen molar-refractivity contribution in [3.63, 3.8) is 0 Å². The zero-order valence-electron chi connectivity index (χ0n) is 11.3. The first kappa shape index (κ1) is 12.6. The van der Waals surface area contributed by atoms with Gasteiger partial charge < -0.3 is 10.6 Å². The van der Waals surface area contributed by atoms with Crippen molar-refractivity contribution in [1.29, 1.82) is 0 Å². The normalized spacial score (nSPS) is 13.9. The highest BCUT2D eigenvalue weighted by molar-refractivity contribution is 5.92. The van der Waals surface area contributed by atoms with Crippen LogP contribution in [0.25, 0.3) is 11.1 Å². The number of pyridine rings is 1. The summed E-state index contributed by atoms with van der Waals surface area (Å²) < 4.78 is 0. The van der Waals surface area contributed by atoms with Gasteiger partial charge in [-0.25, -0.2) is 9.78 Å². The molecule has 0 saturated heterocycles. The van der Waals surface area contributed by atoms with Crippen molar-refractivity contribution in [2.24, 2.45) is 5.73 Å². The first-order valence-electron chi connectivity index (χ1n) is 6.48. The first-order chi connectivity index (χ1) is 9.69. The average Bonchev–Trinajstić information content (AvgIpc) is 2.48. The van der Waals surface area contributed by atoms with E-state index in [2.05, 4.69) is 16.4 Å². The lowest BCUT2D eigenvalue weighted by molar-refractivity contribution is 0.218. The third-order valence-electron chi connectivity index (χ3n) is 3.50. The molecule has 5 nitrogen and oxygen atoms in total. The summed E-state index contributed by atoms with van der Waals surface area (Å²) >= 11 is 0.